The summed E-state index contributed by atoms with van der Waals surface area (Å²) in [5, 5.41) is 11.3. The van der Waals surface area contributed by atoms with Crippen molar-refractivity contribution in [2.45, 2.75) is 59.5 Å². The van der Waals surface area contributed by atoms with Gasteiger partial charge in [0.2, 0.25) is 0 Å². The normalized spacial score (nSPS) is 12.1. The Morgan fingerprint density at radius 3 is 2.11 bits per heavy atom. The minimum atomic E-state index is -0.789. The maximum absolute atomic E-state index is 11.4. The van der Waals surface area contributed by atoms with Gasteiger partial charge in [-0.15, -0.1) is 0 Å². The summed E-state index contributed by atoms with van der Waals surface area (Å²) in [5.41, 5.74) is -0.601. The van der Waals surface area contributed by atoms with E-state index in [2.05, 4.69) is 5.32 Å². The Morgan fingerprint density at radius 2 is 1.67 bits per heavy atom. The van der Waals surface area contributed by atoms with E-state index in [1.807, 2.05) is 34.6 Å². The van der Waals surface area contributed by atoms with E-state index in [1.165, 1.54) is 0 Å². The van der Waals surface area contributed by atoms with E-state index in [1.54, 1.807) is 0 Å². The predicted molar refractivity (Wildman–Crippen MR) is 69.5 cm³/mol. The van der Waals surface area contributed by atoms with Crippen molar-refractivity contribution in [3.63, 3.8) is 0 Å². The van der Waals surface area contributed by atoms with Crippen LogP contribution >= 0.6 is 0 Å². The number of carbonyl (C=O) groups is 2. The second kappa shape index (κ2) is 6.61. The van der Waals surface area contributed by atoms with Crippen LogP contribution < -0.4 is 5.32 Å². The van der Waals surface area contributed by atoms with Crippen molar-refractivity contribution in [3.8, 4) is 0 Å². The third-order valence-electron chi connectivity index (χ3n) is 2.49. The number of hydrogen-bond donors (Lipinski definition) is 2. The quantitative estimate of drug-likeness (QED) is 0.769. The largest absolute Gasteiger partial charge is 0.481 e. The molecule has 0 aliphatic heterocycles. The second-order valence-electron chi connectivity index (χ2n) is 6.24. The van der Waals surface area contributed by atoms with Gasteiger partial charge in [0.25, 0.3) is 0 Å². The highest BCUT2D eigenvalue weighted by Gasteiger charge is 2.20. The predicted octanol–water partition coefficient (Wildman–Crippen LogP) is 2.79. The van der Waals surface area contributed by atoms with Crippen LogP contribution in [0.4, 0.5) is 4.79 Å². The number of ether oxygens (including phenoxy) is 1. The first-order chi connectivity index (χ1) is 8.02. The van der Waals surface area contributed by atoms with Crippen LogP contribution in [-0.4, -0.2) is 29.3 Å². The average Bonchev–Trinajstić information content (AvgIpc) is 2.11. The molecule has 0 unspecified atom stereocenters. The minimum absolute atomic E-state index is 0.104. The summed E-state index contributed by atoms with van der Waals surface area (Å²) < 4.78 is 5.11. The molecule has 0 aromatic rings. The number of amides is 1. The molecule has 0 atom stereocenters. The van der Waals surface area contributed by atoms with E-state index in [-0.39, 0.29) is 11.8 Å². The molecule has 5 heteroatoms. The summed E-state index contributed by atoms with van der Waals surface area (Å²) >= 11 is 0. The number of carboxylic acids is 1. The molecule has 18 heavy (non-hydrogen) atoms. The highest BCUT2D eigenvalue weighted by atomic mass is 16.6. The molecule has 0 saturated carbocycles. The zero-order valence-corrected chi connectivity index (χ0v) is 12.0. The smallest absolute Gasteiger partial charge is 0.407 e. The Kier molecular flexibility index (Phi) is 6.15. The van der Waals surface area contributed by atoms with E-state index in [4.69, 9.17) is 9.84 Å². The number of alkyl carbamates (subject to hydrolysis) is 1. The number of hydrogen-bond acceptors (Lipinski definition) is 3. The molecule has 5 nitrogen and oxygen atoms in total. The van der Waals surface area contributed by atoms with E-state index in [9.17, 15) is 9.59 Å². The first-order valence-electron chi connectivity index (χ1n) is 6.20. The van der Waals surface area contributed by atoms with Gasteiger partial charge in [-0.1, -0.05) is 13.8 Å². The average molecular weight is 259 g/mol. The summed E-state index contributed by atoms with van der Waals surface area (Å²) in [7, 11) is 0. The molecule has 0 aliphatic rings. The fraction of sp³-hybridized carbons (Fsp3) is 0.846. The van der Waals surface area contributed by atoms with Gasteiger partial charge in [-0.05, 0) is 39.0 Å². The van der Waals surface area contributed by atoms with Crippen LogP contribution in [0.25, 0.3) is 0 Å². The van der Waals surface area contributed by atoms with Crippen LogP contribution in [0.1, 0.15) is 53.9 Å². The topological polar surface area (TPSA) is 75.6 Å². The standard InChI is InChI=1S/C13H25NO4/c1-12(2,3)18-11(17)14-9-8-13(4,5)7-6-10(15)16/h6-9H2,1-5H3,(H,14,17)(H,15,16). The van der Waals surface area contributed by atoms with Crippen molar-refractivity contribution in [2.75, 3.05) is 6.54 Å². The maximum Gasteiger partial charge on any atom is 0.407 e. The molecular formula is C13H25NO4. The lowest BCUT2D eigenvalue weighted by atomic mass is 9.84. The number of nitrogens with one attached hydrogen (secondary N) is 1. The van der Waals surface area contributed by atoms with Crippen LogP contribution in [0.15, 0.2) is 0 Å². The van der Waals surface area contributed by atoms with Crippen molar-refractivity contribution in [1.82, 2.24) is 5.32 Å². The molecular weight excluding hydrogens is 234 g/mol. The van der Waals surface area contributed by atoms with Crippen molar-refractivity contribution in [1.29, 1.82) is 0 Å². The van der Waals surface area contributed by atoms with Gasteiger partial charge in [0, 0.05) is 13.0 Å². The third-order valence-corrected chi connectivity index (χ3v) is 2.49. The maximum atomic E-state index is 11.4. The highest BCUT2D eigenvalue weighted by Crippen LogP contribution is 2.26. The van der Waals surface area contributed by atoms with Gasteiger partial charge in [0.05, 0.1) is 0 Å². The molecule has 0 heterocycles. The summed E-state index contributed by atoms with van der Waals surface area (Å²) in [6.07, 6.45) is 1.04. The molecule has 0 aromatic carbocycles. The van der Waals surface area contributed by atoms with Crippen molar-refractivity contribution in [2.24, 2.45) is 5.41 Å². The molecule has 0 rings (SSSR count). The van der Waals surface area contributed by atoms with Gasteiger partial charge in [-0.2, -0.15) is 0 Å². The number of carboxylic acid groups (broad SMARTS) is 1. The van der Waals surface area contributed by atoms with Gasteiger partial charge in [0.1, 0.15) is 5.60 Å². The van der Waals surface area contributed by atoms with Gasteiger partial charge in [0.15, 0.2) is 0 Å². The summed E-state index contributed by atoms with van der Waals surface area (Å²) in [6.45, 7) is 9.90. The Morgan fingerprint density at radius 1 is 1.11 bits per heavy atom. The van der Waals surface area contributed by atoms with Gasteiger partial charge in [-0.3, -0.25) is 4.79 Å². The zero-order valence-electron chi connectivity index (χ0n) is 12.0. The minimum Gasteiger partial charge on any atom is -0.481 e. The fourth-order valence-electron chi connectivity index (χ4n) is 1.39. The van der Waals surface area contributed by atoms with Crippen LogP contribution in [0, 0.1) is 5.41 Å². The lowest BCUT2D eigenvalue weighted by Crippen LogP contribution is -2.34. The molecule has 0 spiro atoms. The summed E-state index contributed by atoms with van der Waals surface area (Å²) in [6, 6.07) is 0. The van der Waals surface area contributed by atoms with Gasteiger partial charge >= 0.3 is 12.1 Å². The van der Waals surface area contributed by atoms with Crippen LogP contribution in [0.2, 0.25) is 0 Å². The Hall–Kier alpha value is -1.26. The number of rotatable bonds is 6. The second-order valence-corrected chi connectivity index (χ2v) is 6.24. The molecule has 1 amide bonds. The molecule has 0 bridgehead atoms. The lowest BCUT2D eigenvalue weighted by molar-refractivity contribution is -0.137. The Bertz CT molecular complexity index is 292. The van der Waals surface area contributed by atoms with Gasteiger partial charge in [-0.25, -0.2) is 4.79 Å². The summed E-state index contributed by atoms with van der Waals surface area (Å²) in [5.74, 6) is -0.789. The van der Waals surface area contributed by atoms with E-state index in [0.29, 0.717) is 13.0 Å². The first kappa shape index (κ1) is 16.7. The zero-order chi connectivity index (χ0) is 14.4. The van der Waals surface area contributed by atoms with Crippen molar-refractivity contribution >= 4 is 12.1 Å². The molecule has 0 aliphatic carbocycles. The highest BCUT2D eigenvalue weighted by molar-refractivity contribution is 5.67. The number of aliphatic carboxylic acids is 1. The fourth-order valence-corrected chi connectivity index (χ4v) is 1.39. The van der Waals surface area contributed by atoms with Crippen molar-refractivity contribution in [3.05, 3.63) is 0 Å². The molecule has 0 fully saturated rings. The Balaban J connectivity index is 3.89. The first-order valence-corrected chi connectivity index (χ1v) is 6.20. The SMILES string of the molecule is CC(C)(CCNC(=O)OC(C)(C)C)CCC(=O)O. The lowest BCUT2D eigenvalue weighted by Gasteiger charge is -2.24. The number of carbonyl (C=O) groups excluding carboxylic acids is 1. The van der Waals surface area contributed by atoms with Crippen molar-refractivity contribution < 1.29 is 19.4 Å². The van der Waals surface area contributed by atoms with Crippen LogP contribution in [0.5, 0.6) is 0 Å². The monoisotopic (exact) mass is 259 g/mol. The Labute approximate surface area is 109 Å². The summed E-state index contributed by atoms with van der Waals surface area (Å²) in [4.78, 5) is 21.9. The molecule has 0 aromatic heterocycles. The van der Waals surface area contributed by atoms with E-state index in [0.717, 1.165) is 6.42 Å². The molecule has 0 saturated heterocycles. The molecule has 2 N–H and O–H groups in total. The van der Waals surface area contributed by atoms with Crippen LogP contribution in [-0.2, 0) is 9.53 Å². The molecule has 0 radical (unpaired) electrons. The van der Waals surface area contributed by atoms with E-state index >= 15 is 0 Å². The molecule has 106 valence electrons. The van der Waals surface area contributed by atoms with E-state index < -0.39 is 17.7 Å². The van der Waals surface area contributed by atoms with Gasteiger partial charge < -0.3 is 15.2 Å². The third kappa shape index (κ3) is 9.93. The van der Waals surface area contributed by atoms with Crippen LogP contribution in [0.3, 0.4) is 0 Å².